The molecule has 0 aliphatic rings. The van der Waals surface area contributed by atoms with Gasteiger partial charge in [-0.3, -0.25) is 4.79 Å². The van der Waals surface area contributed by atoms with Crippen LogP contribution in [-0.4, -0.2) is 37.5 Å². The van der Waals surface area contributed by atoms with E-state index < -0.39 is 21.6 Å². The van der Waals surface area contributed by atoms with Crippen LogP contribution in [0.1, 0.15) is 37.9 Å². The predicted molar refractivity (Wildman–Crippen MR) is 87.7 cm³/mol. The molecule has 5 nitrogen and oxygen atoms in total. The number of benzene rings is 1. The molecule has 6 heteroatoms. The Bertz CT molecular complexity index is 617. The number of nitrogens with one attached hydrogen (secondary N) is 1. The molecule has 1 aromatic rings. The highest BCUT2D eigenvalue weighted by Gasteiger charge is 2.26. The first-order valence-electron chi connectivity index (χ1n) is 7.23. The Labute approximate surface area is 132 Å². The Kier molecular flexibility index (Phi) is 6.14. The Morgan fingerprint density at radius 2 is 1.95 bits per heavy atom. The van der Waals surface area contributed by atoms with Crippen LogP contribution in [-0.2, 0) is 14.6 Å². The quantitative estimate of drug-likeness (QED) is 0.802. The lowest BCUT2D eigenvalue weighted by atomic mass is 9.82. The lowest BCUT2D eigenvalue weighted by molar-refractivity contribution is -0.134. The zero-order valence-corrected chi connectivity index (χ0v) is 14.4. The fraction of sp³-hybridized carbons (Fsp3) is 0.562. The van der Waals surface area contributed by atoms with Crippen LogP contribution >= 0.6 is 0 Å². The van der Waals surface area contributed by atoms with Crippen LogP contribution in [0.15, 0.2) is 24.3 Å². The number of carboxylic acid groups (broad SMARTS) is 1. The molecule has 1 aromatic carbocycles. The first kappa shape index (κ1) is 18.6. The van der Waals surface area contributed by atoms with E-state index in [0.717, 1.165) is 11.1 Å². The molecule has 0 aliphatic carbocycles. The van der Waals surface area contributed by atoms with E-state index in [0.29, 0.717) is 0 Å². The van der Waals surface area contributed by atoms with Gasteiger partial charge in [0.15, 0.2) is 9.84 Å². The maximum atomic E-state index is 11.6. The molecule has 0 amide bonds. The molecule has 0 spiro atoms. The molecule has 0 heterocycles. The van der Waals surface area contributed by atoms with Crippen LogP contribution in [0.5, 0.6) is 0 Å². The minimum absolute atomic E-state index is 0.00701. The summed E-state index contributed by atoms with van der Waals surface area (Å²) in [7, 11) is -3.57. The van der Waals surface area contributed by atoms with Crippen molar-refractivity contribution in [1.82, 2.24) is 5.32 Å². The van der Waals surface area contributed by atoms with E-state index in [2.05, 4.69) is 32.2 Å². The van der Waals surface area contributed by atoms with Crippen LogP contribution in [0, 0.1) is 12.3 Å². The average molecular weight is 327 g/mol. The van der Waals surface area contributed by atoms with Gasteiger partial charge in [-0.05, 0) is 17.9 Å². The van der Waals surface area contributed by atoms with Crippen molar-refractivity contribution in [3.05, 3.63) is 35.4 Å². The SMILES string of the molecule is Cc1cccc(C(NCCS(=O)(=O)CC(=O)O)C(C)(C)C)c1. The third kappa shape index (κ3) is 6.15. The third-order valence-corrected chi connectivity index (χ3v) is 4.86. The number of aryl methyl sites for hydroxylation is 1. The Morgan fingerprint density at radius 3 is 2.45 bits per heavy atom. The molecule has 0 saturated carbocycles. The largest absolute Gasteiger partial charge is 0.480 e. The molecule has 0 radical (unpaired) electrons. The summed E-state index contributed by atoms with van der Waals surface area (Å²) in [5, 5.41) is 11.9. The molecule has 0 fully saturated rings. The van der Waals surface area contributed by atoms with Crippen LogP contribution in [0.4, 0.5) is 0 Å². The average Bonchev–Trinajstić information content (AvgIpc) is 2.31. The monoisotopic (exact) mass is 327 g/mol. The van der Waals surface area contributed by atoms with E-state index in [1.807, 2.05) is 25.1 Å². The number of carboxylic acids is 1. The molecule has 124 valence electrons. The first-order valence-corrected chi connectivity index (χ1v) is 9.05. The van der Waals surface area contributed by atoms with Crippen LogP contribution in [0.2, 0.25) is 0 Å². The fourth-order valence-corrected chi connectivity index (χ4v) is 3.34. The second-order valence-electron chi connectivity index (χ2n) is 6.65. The topological polar surface area (TPSA) is 83.5 Å². The standard InChI is InChI=1S/C16H25NO4S/c1-12-6-5-7-13(10-12)15(16(2,3)4)17-8-9-22(20,21)11-14(18)19/h5-7,10,15,17H,8-9,11H2,1-4H3,(H,18,19). The number of hydrogen-bond donors (Lipinski definition) is 2. The van der Waals surface area contributed by atoms with Crippen molar-refractivity contribution in [3.63, 3.8) is 0 Å². The highest BCUT2D eigenvalue weighted by molar-refractivity contribution is 7.92. The van der Waals surface area contributed by atoms with Gasteiger partial charge in [0, 0.05) is 12.6 Å². The summed E-state index contributed by atoms with van der Waals surface area (Å²) in [4.78, 5) is 10.5. The van der Waals surface area contributed by atoms with Gasteiger partial charge in [-0.2, -0.15) is 0 Å². The van der Waals surface area contributed by atoms with Crippen LogP contribution in [0.3, 0.4) is 0 Å². The molecule has 0 aromatic heterocycles. The van der Waals surface area contributed by atoms with E-state index in [1.54, 1.807) is 0 Å². The number of rotatable bonds is 7. The smallest absolute Gasteiger partial charge is 0.318 e. The lowest BCUT2D eigenvalue weighted by Gasteiger charge is -2.32. The molecular formula is C16H25NO4S. The zero-order chi connectivity index (χ0) is 17.0. The first-order chi connectivity index (χ1) is 10.0. The predicted octanol–water partition coefficient (Wildman–Crippen LogP) is 2.17. The number of aliphatic carboxylic acids is 1. The van der Waals surface area contributed by atoms with Gasteiger partial charge in [-0.25, -0.2) is 8.42 Å². The zero-order valence-electron chi connectivity index (χ0n) is 13.6. The van der Waals surface area contributed by atoms with Gasteiger partial charge in [0.1, 0.15) is 5.75 Å². The summed E-state index contributed by atoms with van der Waals surface area (Å²) in [5.41, 5.74) is 2.15. The van der Waals surface area contributed by atoms with Crippen molar-refractivity contribution in [2.45, 2.75) is 33.7 Å². The fourth-order valence-electron chi connectivity index (χ4n) is 2.39. The van der Waals surface area contributed by atoms with Crippen molar-refractivity contribution < 1.29 is 18.3 Å². The molecule has 22 heavy (non-hydrogen) atoms. The van der Waals surface area contributed by atoms with Gasteiger partial charge < -0.3 is 10.4 Å². The van der Waals surface area contributed by atoms with Crippen molar-refractivity contribution in [3.8, 4) is 0 Å². The van der Waals surface area contributed by atoms with Gasteiger partial charge in [0.05, 0.1) is 5.75 Å². The maximum absolute atomic E-state index is 11.6. The summed E-state index contributed by atoms with van der Waals surface area (Å²) < 4.78 is 23.3. The van der Waals surface area contributed by atoms with E-state index in [-0.39, 0.29) is 23.8 Å². The summed E-state index contributed by atoms with van der Waals surface area (Å²) in [6, 6.07) is 8.08. The lowest BCUT2D eigenvalue weighted by Crippen LogP contribution is -2.36. The van der Waals surface area contributed by atoms with E-state index in [9.17, 15) is 13.2 Å². The molecule has 2 N–H and O–H groups in total. The second-order valence-corrected chi connectivity index (χ2v) is 8.84. The Balaban J connectivity index is 2.79. The Morgan fingerprint density at radius 1 is 1.32 bits per heavy atom. The van der Waals surface area contributed by atoms with Crippen LogP contribution < -0.4 is 5.32 Å². The van der Waals surface area contributed by atoms with Gasteiger partial charge >= 0.3 is 5.97 Å². The molecule has 0 aliphatic heterocycles. The summed E-state index contributed by atoms with van der Waals surface area (Å²) in [5.74, 6) is -2.32. The van der Waals surface area contributed by atoms with Gasteiger partial charge in [-0.15, -0.1) is 0 Å². The highest BCUT2D eigenvalue weighted by Crippen LogP contribution is 2.32. The van der Waals surface area contributed by atoms with Crippen LogP contribution in [0.25, 0.3) is 0 Å². The summed E-state index contributed by atoms with van der Waals surface area (Å²) in [6.07, 6.45) is 0. The maximum Gasteiger partial charge on any atom is 0.318 e. The number of hydrogen-bond acceptors (Lipinski definition) is 4. The molecule has 0 saturated heterocycles. The van der Waals surface area contributed by atoms with Crippen molar-refractivity contribution in [2.75, 3.05) is 18.1 Å². The Hall–Kier alpha value is -1.40. The highest BCUT2D eigenvalue weighted by atomic mass is 32.2. The van der Waals surface area contributed by atoms with Crippen molar-refractivity contribution in [2.24, 2.45) is 5.41 Å². The van der Waals surface area contributed by atoms with Crippen molar-refractivity contribution in [1.29, 1.82) is 0 Å². The molecule has 1 atom stereocenters. The summed E-state index contributed by atoms with van der Waals surface area (Å²) in [6.45, 7) is 8.49. The number of sulfone groups is 1. The molecule has 1 rings (SSSR count). The second kappa shape index (κ2) is 7.24. The van der Waals surface area contributed by atoms with Gasteiger partial charge in [0.25, 0.3) is 0 Å². The third-order valence-electron chi connectivity index (χ3n) is 3.35. The van der Waals surface area contributed by atoms with E-state index in [1.165, 1.54) is 0 Å². The van der Waals surface area contributed by atoms with Gasteiger partial charge in [0.2, 0.25) is 0 Å². The minimum Gasteiger partial charge on any atom is -0.480 e. The number of carbonyl (C=O) groups is 1. The molecule has 1 unspecified atom stereocenters. The van der Waals surface area contributed by atoms with Crippen molar-refractivity contribution >= 4 is 15.8 Å². The summed E-state index contributed by atoms with van der Waals surface area (Å²) >= 11 is 0. The van der Waals surface area contributed by atoms with E-state index >= 15 is 0 Å². The molecular weight excluding hydrogens is 302 g/mol. The minimum atomic E-state index is -3.57. The van der Waals surface area contributed by atoms with E-state index in [4.69, 9.17) is 5.11 Å². The normalized spacial score (nSPS) is 13.8. The van der Waals surface area contributed by atoms with Gasteiger partial charge in [-0.1, -0.05) is 50.6 Å². The molecule has 0 bridgehead atoms.